The lowest BCUT2D eigenvalue weighted by molar-refractivity contribution is 0.0644. The average molecular weight is 295 g/mol. The molecule has 0 saturated carbocycles. The zero-order valence-corrected chi connectivity index (χ0v) is 13.6. The Balaban J connectivity index is 2.24. The van der Waals surface area contributed by atoms with Gasteiger partial charge in [-0.25, -0.2) is 0 Å². The average Bonchev–Trinajstić information content (AvgIpc) is 2.52. The van der Waals surface area contributed by atoms with E-state index in [9.17, 15) is 0 Å². The Morgan fingerprint density at radius 1 is 1.00 bits per heavy atom. The van der Waals surface area contributed by atoms with Crippen LogP contribution in [-0.4, -0.2) is 40.1 Å². The van der Waals surface area contributed by atoms with Gasteiger partial charge in [-0.15, -0.1) is 0 Å². The number of rotatable bonds is 12. The molecule has 120 valence electrons. The van der Waals surface area contributed by atoms with Crippen LogP contribution >= 0.6 is 0 Å². The first-order valence-electron chi connectivity index (χ1n) is 7.84. The van der Waals surface area contributed by atoms with Crippen molar-refractivity contribution in [3.8, 4) is 5.75 Å². The fourth-order valence-electron chi connectivity index (χ4n) is 2.14. The van der Waals surface area contributed by atoms with Gasteiger partial charge in [-0.1, -0.05) is 26.0 Å². The molecule has 0 amide bonds. The summed E-state index contributed by atoms with van der Waals surface area (Å²) in [5.41, 5.74) is 1.31. The third-order valence-electron chi connectivity index (χ3n) is 3.27. The van der Waals surface area contributed by atoms with Gasteiger partial charge in [-0.2, -0.15) is 0 Å². The van der Waals surface area contributed by atoms with Gasteiger partial charge in [0, 0.05) is 26.2 Å². The Morgan fingerprint density at radius 3 is 2.38 bits per heavy atom. The van der Waals surface area contributed by atoms with Crippen LogP contribution in [0.25, 0.3) is 0 Å². The molecule has 1 rings (SSSR count). The predicted molar refractivity (Wildman–Crippen MR) is 86.0 cm³/mol. The molecule has 1 aromatic carbocycles. The maximum absolute atomic E-state index is 5.71. The molecule has 1 N–H and O–H groups in total. The molecule has 0 aliphatic heterocycles. The van der Waals surface area contributed by atoms with Crippen LogP contribution in [0.2, 0.25) is 0 Å². The molecule has 1 unspecified atom stereocenters. The van der Waals surface area contributed by atoms with Gasteiger partial charge in [0.25, 0.3) is 0 Å². The monoisotopic (exact) mass is 295 g/mol. The summed E-state index contributed by atoms with van der Waals surface area (Å²) in [4.78, 5) is 0. The highest BCUT2D eigenvalue weighted by Gasteiger charge is 2.07. The highest BCUT2D eigenvalue weighted by molar-refractivity contribution is 5.29. The van der Waals surface area contributed by atoms with E-state index in [1.54, 1.807) is 7.11 Å². The maximum atomic E-state index is 5.71. The van der Waals surface area contributed by atoms with E-state index in [1.807, 2.05) is 12.1 Å². The second-order valence-electron chi connectivity index (χ2n) is 4.89. The van der Waals surface area contributed by atoms with Gasteiger partial charge in [-0.05, 0) is 30.7 Å². The molecule has 1 atom stereocenters. The van der Waals surface area contributed by atoms with Crippen molar-refractivity contribution in [2.24, 2.45) is 0 Å². The molecule has 4 heteroatoms. The standard InChI is InChI=1S/C17H29NO3/c1-4-17(18-5-2)15-7-9-16(10-8-15)21-12-6-11-20-14-13-19-3/h7-10,17-18H,4-6,11-14H2,1-3H3. The Labute approximate surface area is 128 Å². The lowest BCUT2D eigenvalue weighted by Gasteiger charge is -2.16. The summed E-state index contributed by atoms with van der Waals surface area (Å²) in [6.07, 6.45) is 1.98. The first-order chi connectivity index (χ1) is 10.3. The Bertz CT molecular complexity index is 354. The summed E-state index contributed by atoms with van der Waals surface area (Å²) in [7, 11) is 1.68. The molecule has 0 aromatic heterocycles. The molecule has 4 nitrogen and oxygen atoms in total. The van der Waals surface area contributed by atoms with Gasteiger partial charge < -0.3 is 19.5 Å². The lowest BCUT2D eigenvalue weighted by atomic mass is 10.0. The number of hydrogen-bond acceptors (Lipinski definition) is 4. The molecular weight excluding hydrogens is 266 g/mol. The van der Waals surface area contributed by atoms with E-state index < -0.39 is 0 Å². The van der Waals surface area contributed by atoms with E-state index in [0.29, 0.717) is 32.5 Å². The van der Waals surface area contributed by atoms with Crippen LogP contribution in [0, 0.1) is 0 Å². The molecule has 0 saturated heterocycles. The van der Waals surface area contributed by atoms with Crippen molar-refractivity contribution < 1.29 is 14.2 Å². The second kappa shape index (κ2) is 11.5. The van der Waals surface area contributed by atoms with Crippen LogP contribution in [0.4, 0.5) is 0 Å². The Hall–Kier alpha value is -1.10. The number of ether oxygens (including phenoxy) is 3. The third-order valence-corrected chi connectivity index (χ3v) is 3.27. The smallest absolute Gasteiger partial charge is 0.119 e. The van der Waals surface area contributed by atoms with E-state index in [4.69, 9.17) is 14.2 Å². The summed E-state index contributed by atoms with van der Waals surface area (Å²) in [5, 5.41) is 3.48. The van der Waals surface area contributed by atoms with Crippen molar-refractivity contribution in [3.05, 3.63) is 29.8 Å². The first-order valence-corrected chi connectivity index (χ1v) is 7.84. The van der Waals surface area contributed by atoms with Crippen molar-refractivity contribution in [3.63, 3.8) is 0 Å². The van der Waals surface area contributed by atoms with E-state index in [-0.39, 0.29) is 0 Å². The summed E-state index contributed by atoms with van der Waals surface area (Å²) in [6, 6.07) is 8.79. The molecular formula is C17H29NO3. The summed E-state index contributed by atoms with van der Waals surface area (Å²) < 4.78 is 16.0. The highest BCUT2D eigenvalue weighted by atomic mass is 16.5. The minimum Gasteiger partial charge on any atom is -0.494 e. The fourth-order valence-corrected chi connectivity index (χ4v) is 2.14. The number of benzene rings is 1. The van der Waals surface area contributed by atoms with Crippen LogP contribution in [0.3, 0.4) is 0 Å². The molecule has 0 bridgehead atoms. The van der Waals surface area contributed by atoms with Gasteiger partial charge in [0.2, 0.25) is 0 Å². The van der Waals surface area contributed by atoms with Crippen LogP contribution in [0.5, 0.6) is 5.75 Å². The molecule has 0 spiro atoms. The van der Waals surface area contributed by atoms with E-state index >= 15 is 0 Å². The van der Waals surface area contributed by atoms with Crippen molar-refractivity contribution >= 4 is 0 Å². The molecule has 0 radical (unpaired) electrons. The minimum absolute atomic E-state index is 0.429. The topological polar surface area (TPSA) is 39.7 Å². The van der Waals surface area contributed by atoms with E-state index in [1.165, 1.54) is 5.56 Å². The fraction of sp³-hybridized carbons (Fsp3) is 0.647. The van der Waals surface area contributed by atoms with Crippen molar-refractivity contribution in [2.75, 3.05) is 40.1 Å². The quantitative estimate of drug-likeness (QED) is 0.601. The first kappa shape index (κ1) is 18.0. The van der Waals surface area contributed by atoms with E-state index in [0.717, 1.165) is 25.1 Å². The second-order valence-corrected chi connectivity index (χ2v) is 4.89. The zero-order valence-electron chi connectivity index (χ0n) is 13.6. The number of nitrogens with one attached hydrogen (secondary N) is 1. The van der Waals surface area contributed by atoms with Crippen molar-refractivity contribution in [1.82, 2.24) is 5.32 Å². The molecule has 21 heavy (non-hydrogen) atoms. The number of hydrogen-bond donors (Lipinski definition) is 1. The molecule has 0 aliphatic carbocycles. The Morgan fingerprint density at radius 2 is 1.76 bits per heavy atom. The van der Waals surface area contributed by atoms with Gasteiger partial charge in [0.15, 0.2) is 0 Å². The van der Waals surface area contributed by atoms with Crippen LogP contribution < -0.4 is 10.1 Å². The predicted octanol–water partition coefficient (Wildman–Crippen LogP) is 3.18. The lowest BCUT2D eigenvalue weighted by Crippen LogP contribution is -2.19. The van der Waals surface area contributed by atoms with E-state index in [2.05, 4.69) is 31.3 Å². The SMILES string of the molecule is CCNC(CC)c1ccc(OCCCOCCOC)cc1. The summed E-state index contributed by atoms with van der Waals surface area (Å²) in [5.74, 6) is 0.919. The minimum atomic E-state index is 0.429. The highest BCUT2D eigenvalue weighted by Crippen LogP contribution is 2.20. The van der Waals surface area contributed by atoms with Crippen LogP contribution in [-0.2, 0) is 9.47 Å². The third kappa shape index (κ3) is 7.46. The molecule has 0 fully saturated rings. The zero-order chi connectivity index (χ0) is 15.3. The molecule has 0 aliphatic rings. The van der Waals surface area contributed by atoms with Crippen LogP contribution in [0.15, 0.2) is 24.3 Å². The van der Waals surface area contributed by atoms with Gasteiger partial charge in [-0.3, -0.25) is 0 Å². The molecule has 1 aromatic rings. The van der Waals surface area contributed by atoms with Gasteiger partial charge in [0.05, 0.1) is 19.8 Å². The molecule has 0 heterocycles. The summed E-state index contributed by atoms with van der Waals surface area (Å²) in [6.45, 7) is 7.99. The van der Waals surface area contributed by atoms with Crippen LogP contribution in [0.1, 0.15) is 38.3 Å². The maximum Gasteiger partial charge on any atom is 0.119 e. The summed E-state index contributed by atoms with van der Waals surface area (Å²) >= 11 is 0. The largest absolute Gasteiger partial charge is 0.494 e. The number of methoxy groups -OCH3 is 1. The normalized spacial score (nSPS) is 12.3. The van der Waals surface area contributed by atoms with Gasteiger partial charge >= 0.3 is 0 Å². The van der Waals surface area contributed by atoms with Gasteiger partial charge in [0.1, 0.15) is 5.75 Å². The Kier molecular flexibility index (Phi) is 9.87. The van der Waals surface area contributed by atoms with Crippen molar-refractivity contribution in [2.45, 2.75) is 32.7 Å². The van der Waals surface area contributed by atoms with Crippen molar-refractivity contribution in [1.29, 1.82) is 0 Å².